The quantitative estimate of drug-likeness (QED) is 0.339. The maximum absolute atomic E-state index is 5.40. The van der Waals surface area contributed by atoms with Gasteiger partial charge in [-0.05, 0) is 30.7 Å². The first kappa shape index (κ1) is 11.5. The van der Waals surface area contributed by atoms with Gasteiger partial charge in [0.15, 0.2) is 0 Å². The molecule has 0 aliphatic carbocycles. The summed E-state index contributed by atoms with van der Waals surface area (Å²) in [6.07, 6.45) is 1.00. The lowest BCUT2D eigenvalue weighted by Crippen LogP contribution is -2.31. The average Bonchev–Trinajstić information content (AvgIpc) is 2.31. The molecule has 4 heteroatoms. The van der Waals surface area contributed by atoms with Crippen molar-refractivity contribution in [2.24, 2.45) is 10.8 Å². The van der Waals surface area contributed by atoms with E-state index in [-0.39, 0.29) is 0 Å². The van der Waals surface area contributed by atoms with Gasteiger partial charge in [-0.3, -0.25) is 4.99 Å². The Bertz CT molecular complexity index is 319. The van der Waals surface area contributed by atoms with E-state index in [0.717, 1.165) is 24.3 Å². The second-order valence-electron chi connectivity index (χ2n) is 3.10. The van der Waals surface area contributed by atoms with Crippen molar-refractivity contribution < 1.29 is 4.74 Å². The SMILES string of the molecule is CCCN=C(NN)c1ccc(OC)cc1. The number of nitrogens with two attached hydrogens (primary N) is 1. The van der Waals surface area contributed by atoms with Crippen LogP contribution in [-0.4, -0.2) is 19.5 Å². The Hall–Kier alpha value is -1.55. The van der Waals surface area contributed by atoms with Gasteiger partial charge in [-0.15, -0.1) is 0 Å². The lowest BCUT2D eigenvalue weighted by molar-refractivity contribution is 0.415. The van der Waals surface area contributed by atoms with Crippen LogP contribution in [0.25, 0.3) is 0 Å². The lowest BCUT2D eigenvalue weighted by atomic mass is 10.2. The van der Waals surface area contributed by atoms with Crippen LogP contribution in [0.15, 0.2) is 29.3 Å². The molecule has 15 heavy (non-hydrogen) atoms. The van der Waals surface area contributed by atoms with Crippen LogP contribution >= 0.6 is 0 Å². The summed E-state index contributed by atoms with van der Waals surface area (Å²) in [5.74, 6) is 6.94. The zero-order chi connectivity index (χ0) is 11.1. The van der Waals surface area contributed by atoms with Crippen LogP contribution in [-0.2, 0) is 0 Å². The van der Waals surface area contributed by atoms with Gasteiger partial charge in [0, 0.05) is 12.1 Å². The molecule has 0 radical (unpaired) electrons. The van der Waals surface area contributed by atoms with Gasteiger partial charge in [-0.1, -0.05) is 6.92 Å². The predicted molar refractivity (Wildman–Crippen MR) is 62.0 cm³/mol. The Kier molecular flexibility index (Phi) is 4.63. The summed E-state index contributed by atoms with van der Waals surface area (Å²) in [6, 6.07) is 7.61. The van der Waals surface area contributed by atoms with E-state index in [1.54, 1.807) is 7.11 Å². The minimum absolute atomic E-state index is 0.708. The lowest BCUT2D eigenvalue weighted by Gasteiger charge is -2.06. The molecule has 0 saturated carbocycles. The van der Waals surface area contributed by atoms with Crippen LogP contribution in [0.3, 0.4) is 0 Å². The first-order valence-corrected chi connectivity index (χ1v) is 4.97. The van der Waals surface area contributed by atoms with Gasteiger partial charge in [0.25, 0.3) is 0 Å². The fourth-order valence-electron chi connectivity index (χ4n) is 1.19. The van der Waals surface area contributed by atoms with Gasteiger partial charge in [-0.25, -0.2) is 5.84 Å². The first-order chi connectivity index (χ1) is 7.31. The fourth-order valence-corrected chi connectivity index (χ4v) is 1.19. The zero-order valence-corrected chi connectivity index (χ0v) is 9.16. The first-order valence-electron chi connectivity index (χ1n) is 4.97. The standard InChI is InChI=1S/C11H17N3O/c1-3-8-13-11(14-12)9-4-6-10(15-2)7-5-9/h4-7H,3,8,12H2,1-2H3,(H,13,14). The van der Waals surface area contributed by atoms with Crippen LogP contribution in [0, 0.1) is 0 Å². The number of methoxy groups -OCH3 is 1. The van der Waals surface area contributed by atoms with E-state index >= 15 is 0 Å². The second-order valence-corrected chi connectivity index (χ2v) is 3.10. The van der Waals surface area contributed by atoms with Crippen LogP contribution in [0.1, 0.15) is 18.9 Å². The zero-order valence-electron chi connectivity index (χ0n) is 9.16. The van der Waals surface area contributed by atoms with Crippen molar-refractivity contribution >= 4 is 5.84 Å². The van der Waals surface area contributed by atoms with Gasteiger partial charge in [0.2, 0.25) is 0 Å². The number of hydrogen-bond donors (Lipinski definition) is 2. The molecule has 0 atom stereocenters. The van der Waals surface area contributed by atoms with Crippen LogP contribution < -0.4 is 16.0 Å². The Labute approximate surface area is 90.1 Å². The maximum Gasteiger partial charge on any atom is 0.142 e. The fraction of sp³-hybridized carbons (Fsp3) is 0.364. The summed E-state index contributed by atoms with van der Waals surface area (Å²) < 4.78 is 5.07. The third-order valence-corrected chi connectivity index (χ3v) is 1.99. The molecule has 4 nitrogen and oxygen atoms in total. The van der Waals surface area contributed by atoms with Gasteiger partial charge < -0.3 is 10.2 Å². The molecule has 0 amide bonds. The summed E-state index contributed by atoms with van der Waals surface area (Å²) in [7, 11) is 1.64. The molecule has 1 aromatic carbocycles. The number of rotatable bonds is 4. The van der Waals surface area contributed by atoms with Gasteiger partial charge in [-0.2, -0.15) is 0 Å². The molecule has 0 fully saturated rings. The largest absolute Gasteiger partial charge is 0.497 e. The number of nitrogens with zero attached hydrogens (tertiary/aromatic N) is 1. The molecule has 0 unspecified atom stereocenters. The average molecular weight is 207 g/mol. The smallest absolute Gasteiger partial charge is 0.142 e. The molecule has 0 heterocycles. The monoisotopic (exact) mass is 207 g/mol. The molecule has 1 rings (SSSR count). The highest BCUT2D eigenvalue weighted by Gasteiger charge is 2.00. The highest BCUT2D eigenvalue weighted by Crippen LogP contribution is 2.11. The van der Waals surface area contributed by atoms with Crippen LogP contribution in [0.5, 0.6) is 5.75 Å². The highest BCUT2D eigenvalue weighted by atomic mass is 16.5. The summed E-state index contributed by atoms with van der Waals surface area (Å²) in [4.78, 5) is 4.33. The molecule has 0 aliphatic heterocycles. The third-order valence-electron chi connectivity index (χ3n) is 1.99. The Morgan fingerprint density at radius 2 is 2.07 bits per heavy atom. The number of ether oxygens (including phenoxy) is 1. The third kappa shape index (κ3) is 3.25. The van der Waals surface area contributed by atoms with Crippen molar-refractivity contribution in [1.82, 2.24) is 5.43 Å². The van der Waals surface area contributed by atoms with Gasteiger partial charge >= 0.3 is 0 Å². The minimum atomic E-state index is 0.708. The van der Waals surface area contributed by atoms with Crippen LogP contribution in [0.2, 0.25) is 0 Å². The van der Waals surface area contributed by atoms with E-state index < -0.39 is 0 Å². The number of hydrogen-bond acceptors (Lipinski definition) is 3. The van der Waals surface area contributed by atoms with Crippen molar-refractivity contribution in [1.29, 1.82) is 0 Å². The van der Waals surface area contributed by atoms with E-state index in [1.165, 1.54) is 0 Å². The number of nitrogens with one attached hydrogen (secondary N) is 1. The highest BCUT2D eigenvalue weighted by molar-refractivity contribution is 5.98. The molecule has 0 spiro atoms. The molecule has 0 aliphatic rings. The Balaban J connectivity index is 2.83. The molecular weight excluding hydrogens is 190 g/mol. The topological polar surface area (TPSA) is 59.6 Å². The molecular formula is C11H17N3O. The summed E-state index contributed by atoms with van der Waals surface area (Å²) in [5, 5.41) is 0. The van der Waals surface area contributed by atoms with Gasteiger partial charge in [0.1, 0.15) is 11.6 Å². The van der Waals surface area contributed by atoms with Crippen molar-refractivity contribution in [3.05, 3.63) is 29.8 Å². The van der Waals surface area contributed by atoms with Crippen molar-refractivity contribution in [3.8, 4) is 5.75 Å². The number of aliphatic imine (C=N–C) groups is 1. The summed E-state index contributed by atoms with van der Waals surface area (Å²) >= 11 is 0. The molecule has 82 valence electrons. The molecule has 1 aromatic rings. The number of amidine groups is 1. The Morgan fingerprint density at radius 1 is 1.40 bits per heavy atom. The van der Waals surface area contributed by atoms with E-state index in [2.05, 4.69) is 17.3 Å². The second kappa shape index (κ2) is 6.03. The molecule has 0 bridgehead atoms. The number of benzene rings is 1. The maximum atomic E-state index is 5.40. The normalized spacial score (nSPS) is 11.3. The van der Waals surface area contributed by atoms with Crippen molar-refractivity contribution in [2.75, 3.05) is 13.7 Å². The summed E-state index contributed by atoms with van der Waals surface area (Å²) in [6.45, 7) is 2.84. The Morgan fingerprint density at radius 3 is 2.53 bits per heavy atom. The van der Waals surface area contributed by atoms with Crippen molar-refractivity contribution in [3.63, 3.8) is 0 Å². The minimum Gasteiger partial charge on any atom is -0.497 e. The number of hydrazine groups is 1. The van der Waals surface area contributed by atoms with Crippen molar-refractivity contribution in [2.45, 2.75) is 13.3 Å². The van der Waals surface area contributed by atoms with E-state index in [1.807, 2.05) is 24.3 Å². The van der Waals surface area contributed by atoms with E-state index in [9.17, 15) is 0 Å². The molecule has 0 aromatic heterocycles. The van der Waals surface area contributed by atoms with E-state index in [0.29, 0.717) is 5.84 Å². The summed E-state index contributed by atoms with van der Waals surface area (Å²) in [5.41, 5.74) is 3.56. The van der Waals surface area contributed by atoms with E-state index in [4.69, 9.17) is 10.6 Å². The van der Waals surface area contributed by atoms with Crippen LogP contribution in [0.4, 0.5) is 0 Å². The predicted octanol–water partition coefficient (Wildman–Crippen LogP) is 1.32. The molecule has 3 N–H and O–H groups in total. The van der Waals surface area contributed by atoms with Gasteiger partial charge in [0.05, 0.1) is 7.11 Å². The molecule has 0 saturated heterocycles.